The molecule has 18 nitrogen and oxygen atoms in total. The molecule has 0 saturated carbocycles. The zero-order chi connectivity index (χ0) is 39.7. The van der Waals surface area contributed by atoms with Crippen molar-refractivity contribution in [2.75, 3.05) is 25.0 Å². The van der Waals surface area contributed by atoms with Crippen molar-refractivity contribution < 1.29 is 24.0 Å². The molecule has 5 heterocycles. The smallest absolute Gasteiger partial charge is 0.276 e. The lowest BCUT2D eigenvalue weighted by Gasteiger charge is -2.28. The third-order valence-corrected chi connectivity index (χ3v) is 10.7. The largest absolute Gasteiger partial charge is 0.369 e. The summed E-state index contributed by atoms with van der Waals surface area (Å²) < 4.78 is 5.23. The van der Waals surface area contributed by atoms with E-state index >= 15 is 0 Å². The van der Waals surface area contributed by atoms with Gasteiger partial charge in [0, 0.05) is 68.9 Å². The van der Waals surface area contributed by atoms with Crippen molar-refractivity contribution in [3.8, 4) is 0 Å². The molecule has 4 aliphatic rings. The molecule has 0 saturated heterocycles. The van der Waals surface area contributed by atoms with Crippen LogP contribution in [0.4, 0.5) is 5.95 Å². The molecule has 2 atom stereocenters. The quantitative estimate of drug-likeness (QED) is 0.279. The second-order valence-electron chi connectivity index (χ2n) is 14.4. The lowest BCUT2D eigenvalue weighted by atomic mass is 9.96. The van der Waals surface area contributed by atoms with E-state index in [2.05, 4.69) is 20.8 Å². The Balaban J connectivity index is 1.23. The van der Waals surface area contributed by atoms with E-state index in [9.17, 15) is 24.0 Å². The third kappa shape index (κ3) is 7.50. The van der Waals surface area contributed by atoms with Gasteiger partial charge in [-0.15, -0.1) is 0 Å². The summed E-state index contributed by atoms with van der Waals surface area (Å²) in [6, 6.07) is 1.28. The maximum absolute atomic E-state index is 14.2. The number of nitrogens with one attached hydrogen (secondary N) is 2. The van der Waals surface area contributed by atoms with Gasteiger partial charge in [-0.05, 0) is 58.3 Å². The summed E-state index contributed by atoms with van der Waals surface area (Å²) in [4.78, 5) is 77.8. The van der Waals surface area contributed by atoms with E-state index in [-0.39, 0.29) is 56.8 Å². The van der Waals surface area contributed by atoms with Gasteiger partial charge in [-0.1, -0.05) is 18.6 Å². The van der Waals surface area contributed by atoms with Crippen LogP contribution in [0.5, 0.6) is 0 Å². The van der Waals surface area contributed by atoms with Crippen molar-refractivity contribution in [1.29, 1.82) is 0 Å². The van der Waals surface area contributed by atoms with Gasteiger partial charge in [-0.3, -0.25) is 44.0 Å². The number of allylic oxidation sites excluding steroid dienone is 2. The van der Waals surface area contributed by atoms with Crippen LogP contribution in [-0.2, 0) is 46.9 Å². The van der Waals surface area contributed by atoms with E-state index < -0.39 is 23.8 Å². The molecule has 3 aromatic rings. The molecule has 0 bridgehead atoms. The molecule has 2 aliphatic carbocycles. The Morgan fingerprint density at radius 2 is 1.77 bits per heavy atom. The maximum Gasteiger partial charge on any atom is 0.276 e. The minimum Gasteiger partial charge on any atom is -0.369 e. The molecule has 7 rings (SSSR count). The summed E-state index contributed by atoms with van der Waals surface area (Å²) in [5.41, 5.74) is 16.9. The number of primary amides is 2. The fraction of sp³-hybridized carbons (Fsp3) is 0.447. The first-order chi connectivity index (χ1) is 26.9. The Hall–Kier alpha value is -6.33. The number of guanidine groups is 1. The molecule has 56 heavy (non-hydrogen) atoms. The summed E-state index contributed by atoms with van der Waals surface area (Å²) in [6.45, 7) is 7.66. The topological polar surface area (TPSA) is 234 Å². The van der Waals surface area contributed by atoms with Gasteiger partial charge in [0.1, 0.15) is 11.4 Å². The van der Waals surface area contributed by atoms with Crippen LogP contribution in [-0.4, -0.2) is 101 Å². The number of aliphatic imine (C=N–C) groups is 1. The average molecular weight is 766 g/mol. The Kier molecular flexibility index (Phi) is 10.7. The van der Waals surface area contributed by atoms with Gasteiger partial charge >= 0.3 is 0 Å². The molecule has 18 heteroatoms. The van der Waals surface area contributed by atoms with Gasteiger partial charge in [0.2, 0.25) is 30.1 Å². The van der Waals surface area contributed by atoms with Gasteiger partial charge in [-0.2, -0.15) is 10.2 Å². The highest BCUT2D eigenvalue weighted by molar-refractivity contribution is 6.07. The highest BCUT2D eigenvalue weighted by Gasteiger charge is 2.36. The highest BCUT2D eigenvalue weighted by atomic mass is 16.2. The van der Waals surface area contributed by atoms with Crippen LogP contribution in [0.25, 0.3) is 6.08 Å². The van der Waals surface area contributed by atoms with Gasteiger partial charge < -0.3 is 25.8 Å². The van der Waals surface area contributed by atoms with Crippen molar-refractivity contribution >= 4 is 48.0 Å². The predicted octanol–water partition coefficient (Wildman–Crippen LogP) is 1.19. The van der Waals surface area contributed by atoms with E-state index in [1.807, 2.05) is 30.2 Å². The Labute approximate surface area is 323 Å². The van der Waals surface area contributed by atoms with Crippen LogP contribution in [0.2, 0.25) is 0 Å². The molecule has 0 spiro atoms. The van der Waals surface area contributed by atoms with Crippen LogP contribution in [0, 0.1) is 19.8 Å². The van der Waals surface area contributed by atoms with Gasteiger partial charge in [-0.25, -0.2) is 9.98 Å². The number of aryl methyl sites for hydroxylation is 4. The number of aromatic nitrogens is 6. The summed E-state index contributed by atoms with van der Waals surface area (Å²) >= 11 is 0. The van der Waals surface area contributed by atoms with Crippen LogP contribution >= 0.6 is 0 Å². The van der Waals surface area contributed by atoms with E-state index in [1.54, 1.807) is 44.6 Å². The number of imidazole rings is 1. The number of rotatable bonds is 4. The van der Waals surface area contributed by atoms with E-state index in [0.717, 1.165) is 42.6 Å². The molecular weight excluding hydrogens is 719 g/mol. The van der Waals surface area contributed by atoms with Crippen LogP contribution in [0.3, 0.4) is 0 Å². The number of nitrogens with zero attached hydrogens (tertiary/aromatic N) is 9. The number of carbonyl (C=O) groups is 5. The fourth-order valence-electron chi connectivity index (χ4n) is 7.81. The molecular formula is C38H47N13O5. The van der Waals surface area contributed by atoms with Crippen molar-refractivity contribution in [3.63, 3.8) is 0 Å². The van der Waals surface area contributed by atoms with Gasteiger partial charge in [0.15, 0.2) is 0 Å². The standard InChI is InChI=1S/C38H47N13O5/c1-4-50-32-26(23(3)46-50)8-6-5-7-13-51-31(18-22(2)45-51)35(55)43-37-41-27-19-24(33(39)53)9-11-29(27)48(37)16-14-47(21-52)15-17-49-30-12-10-25(34(40)54)20-28(30)42-38(49)44-36(32)56/h9-12,18,21,24,28H,4-8,13-17,19-20H2,1-3H3,(H2,39,53)(H2,40,54)(H,41,43,55)(H,42,44,56). The molecule has 0 radical (unpaired) electrons. The molecule has 6 N–H and O–H groups in total. The summed E-state index contributed by atoms with van der Waals surface area (Å²) in [7, 11) is 0. The van der Waals surface area contributed by atoms with Crippen molar-refractivity contribution in [1.82, 2.24) is 44.2 Å². The van der Waals surface area contributed by atoms with E-state index in [4.69, 9.17) is 21.4 Å². The van der Waals surface area contributed by atoms with Crippen LogP contribution in [0.15, 0.2) is 40.6 Å². The molecule has 2 aliphatic heterocycles. The monoisotopic (exact) mass is 765 g/mol. The van der Waals surface area contributed by atoms with Crippen LogP contribution < -0.4 is 22.1 Å². The predicted molar refractivity (Wildman–Crippen MR) is 206 cm³/mol. The van der Waals surface area contributed by atoms with Crippen molar-refractivity contribution in [2.45, 2.75) is 85.0 Å². The van der Waals surface area contributed by atoms with Gasteiger partial charge in [0.25, 0.3) is 11.8 Å². The van der Waals surface area contributed by atoms with Crippen LogP contribution in [0.1, 0.15) is 81.9 Å². The maximum atomic E-state index is 14.2. The van der Waals surface area contributed by atoms with E-state index in [0.29, 0.717) is 59.5 Å². The Morgan fingerprint density at radius 1 is 0.964 bits per heavy atom. The highest BCUT2D eigenvalue weighted by Crippen LogP contribution is 2.31. The first-order valence-corrected chi connectivity index (χ1v) is 19.0. The second kappa shape index (κ2) is 15.8. The number of amides is 5. The molecule has 294 valence electrons. The number of fused-ring (bicyclic) bond motifs is 8. The lowest BCUT2D eigenvalue weighted by molar-refractivity contribution is -0.120. The zero-order valence-electron chi connectivity index (χ0n) is 31.8. The summed E-state index contributed by atoms with van der Waals surface area (Å²) in [6.07, 6.45) is 11.2. The summed E-state index contributed by atoms with van der Waals surface area (Å²) in [5.74, 6) is -1.71. The lowest BCUT2D eigenvalue weighted by Crippen LogP contribution is -2.45. The minimum atomic E-state index is -0.540. The zero-order valence-corrected chi connectivity index (χ0v) is 31.8. The fourth-order valence-corrected chi connectivity index (χ4v) is 7.81. The number of hydrogen-bond acceptors (Lipinski definition) is 10. The Morgan fingerprint density at radius 3 is 2.52 bits per heavy atom. The number of anilines is 1. The van der Waals surface area contributed by atoms with E-state index in [1.165, 1.54) is 0 Å². The first-order valence-electron chi connectivity index (χ1n) is 19.0. The summed E-state index contributed by atoms with van der Waals surface area (Å²) in [5, 5.41) is 15.3. The third-order valence-electron chi connectivity index (χ3n) is 10.7. The molecule has 2 unspecified atom stereocenters. The SMILES string of the molecule is CCn1nc(C)c2c1C(=O)NC1=NC3CC(C(N)=O)=CC=C3N1CCN(C=O)CCn1c(nc3c1C=CC(C(N)=O)C3)NC(=O)c1cc(C)nn1CCCCC2. The number of nitrogens with two attached hydrogens (primary N) is 2. The van der Waals surface area contributed by atoms with Crippen molar-refractivity contribution in [2.24, 2.45) is 22.4 Å². The van der Waals surface area contributed by atoms with Gasteiger partial charge in [0.05, 0.1) is 34.7 Å². The first kappa shape index (κ1) is 38.0. The number of carbonyl (C=O) groups excluding carboxylic acids is 5. The number of hydrogen-bond donors (Lipinski definition) is 4. The minimum absolute atomic E-state index is 0.235. The molecule has 0 fully saturated rings. The Bertz CT molecular complexity index is 2220. The molecule has 5 amide bonds. The molecule has 3 aromatic heterocycles. The normalized spacial score (nSPS) is 20.6. The van der Waals surface area contributed by atoms with Crippen molar-refractivity contribution in [3.05, 3.63) is 75.3 Å². The second-order valence-corrected chi connectivity index (χ2v) is 14.4. The average Bonchev–Trinajstić information content (AvgIpc) is 3.91. The molecule has 0 aromatic carbocycles.